The third kappa shape index (κ3) is 3.36. The summed E-state index contributed by atoms with van der Waals surface area (Å²) in [5.74, 6) is 2.74. The van der Waals surface area contributed by atoms with Gasteiger partial charge in [-0.3, -0.25) is 0 Å². The van der Waals surface area contributed by atoms with Crippen molar-refractivity contribution < 1.29 is 9.47 Å². The summed E-state index contributed by atoms with van der Waals surface area (Å²) in [6, 6.07) is 5.91. The molecule has 0 radical (unpaired) electrons. The Balaban J connectivity index is 2.21. The minimum Gasteiger partial charge on any atom is -0.493 e. The predicted octanol–water partition coefficient (Wildman–Crippen LogP) is 4.78. The van der Waals surface area contributed by atoms with Gasteiger partial charge in [-0.2, -0.15) is 0 Å². The van der Waals surface area contributed by atoms with E-state index in [0.717, 1.165) is 23.5 Å². The Bertz CT molecular complexity index is 383. The second-order valence-corrected chi connectivity index (χ2v) is 5.46. The first-order valence-electron chi connectivity index (χ1n) is 7.18. The van der Waals surface area contributed by atoms with Gasteiger partial charge in [0.05, 0.1) is 13.0 Å². The fraction of sp³-hybridized carbons (Fsp3) is 0.625. The summed E-state index contributed by atoms with van der Waals surface area (Å²) in [6.07, 6.45) is 6.47. The number of benzene rings is 1. The van der Waals surface area contributed by atoms with Gasteiger partial charge < -0.3 is 9.47 Å². The van der Waals surface area contributed by atoms with Gasteiger partial charge in [0.15, 0.2) is 11.5 Å². The Morgan fingerprint density at radius 2 is 2.05 bits per heavy atom. The van der Waals surface area contributed by atoms with E-state index in [2.05, 4.69) is 6.92 Å². The zero-order valence-electron chi connectivity index (χ0n) is 11.8. The lowest BCUT2D eigenvalue weighted by atomic mass is 9.84. The van der Waals surface area contributed by atoms with Crippen molar-refractivity contribution in [1.82, 2.24) is 0 Å². The quantitative estimate of drug-likeness (QED) is 0.724. The normalized spacial score (nSPS) is 23.1. The Morgan fingerprint density at radius 3 is 2.74 bits per heavy atom. The standard InChI is InChI=1S/C16H23ClO2/c1-3-12-7-4-5-9-14(12)19-16-13(11-17)8-6-10-15(16)18-2/h6,8,10,12,14H,3-5,7,9,11H2,1-2H3. The third-order valence-electron chi connectivity index (χ3n) is 4.06. The van der Waals surface area contributed by atoms with Crippen LogP contribution in [0, 0.1) is 5.92 Å². The molecule has 0 amide bonds. The highest BCUT2D eigenvalue weighted by Gasteiger charge is 2.27. The van der Waals surface area contributed by atoms with Crippen LogP contribution in [0.4, 0.5) is 0 Å². The van der Waals surface area contributed by atoms with E-state index in [-0.39, 0.29) is 0 Å². The van der Waals surface area contributed by atoms with Crippen molar-refractivity contribution in [2.75, 3.05) is 7.11 Å². The number of rotatable bonds is 5. The number of alkyl halides is 1. The lowest BCUT2D eigenvalue weighted by Crippen LogP contribution is -2.30. The summed E-state index contributed by atoms with van der Waals surface area (Å²) < 4.78 is 11.7. The van der Waals surface area contributed by atoms with E-state index in [1.54, 1.807) is 7.11 Å². The van der Waals surface area contributed by atoms with Crippen LogP contribution < -0.4 is 9.47 Å². The van der Waals surface area contributed by atoms with Crippen LogP contribution in [-0.2, 0) is 5.88 Å². The molecule has 1 aliphatic rings. The molecule has 0 N–H and O–H groups in total. The summed E-state index contributed by atoms with van der Waals surface area (Å²) >= 11 is 6.01. The average molecular weight is 283 g/mol. The van der Waals surface area contributed by atoms with Gasteiger partial charge in [-0.15, -0.1) is 11.6 Å². The highest BCUT2D eigenvalue weighted by atomic mass is 35.5. The Kier molecular flexibility index (Phi) is 5.38. The lowest BCUT2D eigenvalue weighted by Gasteiger charge is -2.32. The molecule has 3 heteroatoms. The molecule has 19 heavy (non-hydrogen) atoms. The molecule has 2 unspecified atom stereocenters. The van der Waals surface area contributed by atoms with Crippen molar-refractivity contribution in [2.24, 2.45) is 5.92 Å². The molecular weight excluding hydrogens is 260 g/mol. The van der Waals surface area contributed by atoms with Gasteiger partial charge in [0, 0.05) is 5.56 Å². The van der Waals surface area contributed by atoms with E-state index >= 15 is 0 Å². The maximum absolute atomic E-state index is 6.29. The zero-order chi connectivity index (χ0) is 13.7. The van der Waals surface area contributed by atoms with E-state index in [1.165, 1.54) is 25.7 Å². The molecule has 1 saturated carbocycles. The van der Waals surface area contributed by atoms with Gasteiger partial charge in [0.2, 0.25) is 0 Å². The fourth-order valence-electron chi connectivity index (χ4n) is 2.91. The van der Waals surface area contributed by atoms with Crippen molar-refractivity contribution in [3.8, 4) is 11.5 Å². The molecule has 1 aliphatic carbocycles. The summed E-state index contributed by atoms with van der Waals surface area (Å²) in [7, 11) is 1.68. The third-order valence-corrected chi connectivity index (χ3v) is 4.35. The van der Waals surface area contributed by atoms with Crippen LogP contribution in [0.5, 0.6) is 11.5 Å². The Morgan fingerprint density at radius 1 is 1.26 bits per heavy atom. The summed E-state index contributed by atoms with van der Waals surface area (Å²) in [5.41, 5.74) is 1.02. The molecule has 0 aromatic heterocycles. The molecule has 2 atom stereocenters. The van der Waals surface area contributed by atoms with Crippen molar-refractivity contribution in [2.45, 2.75) is 51.0 Å². The largest absolute Gasteiger partial charge is 0.493 e. The van der Waals surface area contributed by atoms with Gasteiger partial charge >= 0.3 is 0 Å². The van der Waals surface area contributed by atoms with Crippen molar-refractivity contribution in [3.63, 3.8) is 0 Å². The van der Waals surface area contributed by atoms with E-state index in [1.807, 2.05) is 18.2 Å². The first kappa shape index (κ1) is 14.5. The number of ether oxygens (including phenoxy) is 2. The second-order valence-electron chi connectivity index (χ2n) is 5.19. The van der Waals surface area contributed by atoms with Crippen molar-refractivity contribution in [1.29, 1.82) is 0 Å². The molecule has 1 fully saturated rings. The number of para-hydroxylation sites is 1. The highest BCUT2D eigenvalue weighted by molar-refractivity contribution is 6.17. The van der Waals surface area contributed by atoms with Crippen molar-refractivity contribution in [3.05, 3.63) is 23.8 Å². The molecule has 1 aromatic rings. The maximum Gasteiger partial charge on any atom is 0.165 e. The van der Waals surface area contributed by atoms with Crippen LogP contribution in [0.15, 0.2) is 18.2 Å². The van der Waals surface area contributed by atoms with Crippen LogP contribution in [0.3, 0.4) is 0 Å². The molecule has 106 valence electrons. The van der Waals surface area contributed by atoms with Crippen LogP contribution >= 0.6 is 11.6 Å². The van der Waals surface area contributed by atoms with Gasteiger partial charge in [-0.05, 0) is 37.7 Å². The van der Waals surface area contributed by atoms with Gasteiger partial charge in [0.1, 0.15) is 6.10 Å². The first-order valence-corrected chi connectivity index (χ1v) is 7.72. The minimum atomic E-state index is 0.303. The zero-order valence-corrected chi connectivity index (χ0v) is 12.6. The van der Waals surface area contributed by atoms with Crippen LogP contribution in [0.25, 0.3) is 0 Å². The predicted molar refractivity (Wildman–Crippen MR) is 79.2 cm³/mol. The van der Waals surface area contributed by atoms with E-state index < -0.39 is 0 Å². The molecular formula is C16H23ClO2. The van der Waals surface area contributed by atoms with Crippen molar-refractivity contribution >= 4 is 11.6 Å². The number of halogens is 1. The number of hydrogen-bond donors (Lipinski definition) is 0. The van der Waals surface area contributed by atoms with E-state index in [4.69, 9.17) is 21.1 Å². The molecule has 0 spiro atoms. The van der Waals surface area contributed by atoms with E-state index in [9.17, 15) is 0 Å². The minimum absolute atomic E-state index is 0.303. The number of methoxy groups -OCH3 is 1. The average Bonchev–Trinajstić information content (AvgIpc) is 2.48. The monoisotopic (exact) mass is 282 g/mol. The summed E-state index contributed by atoms with van der Waals surface area (Å²) in [5, 5.41) is 0. The molecule has 0 aliphatic heterocycles. The smallest absolute Gasteiger partial charge is 0.165 e. The lowest BCUT2D eigenvalue weighted by molar-refractivity contribution is 0.0865. The Labute approximate surface area is 121 Å². The number of hydrogen-bond acceptors (Lipinski definition) is 2. The second kappa shape index (κ2) is 7.04. The van der Waals surface area contributed by atoms with Gasteiger partial charge in [0.25, 0.3) is 0 Å². The van der Waals surface area contributed by atoms with Crippen LogP contribution in [0.2, 0.25) is 0 Å². The Hall–Kier alpha value is -0.890. The topological polar surface area (TPSA) is 18.5 Å². The summed E-state index contributed by atoms with van der Waals surface area (Å²) in [6.45, 7) is 2.25. The molecule has 0 heterocycles. The molecule has 1 aromatic carbocycles. The van der Waals surface area contributed by atoms with Gasteiger partial charge in [-0.1, -0.05) is 25.5 Å². The van der Waals surface area contributed by atoms with Crippen LogP contribution in [-0.4, -0.2) is 13.2 Å². The van der Waals surface area contributed by atoms with E-state index in [0.29, 0.717) is 17.9 Å². The maximum atomic E-state index is 6.29. The molecule has 2 nitrogen and oxygen atoms in total. The first-order chi connectivity index (χ1) is 9.30. The fourth-order valence-corrected chi connectivity index (χ4v) is 3.12. The molecule has 2 rings (SSSR count). The van der Waals surface area contributed by atoms with Gasteiger partial charge in [-0.25, -0.2) is 0 Å². The SMILES string of the molecule is CCC1CCCCC1Oc1c(CCl)cccc1OC. The van der Waals surface area contributed by atoms with Crippen LogP contribution in [0.1, 0.15) is 44.6 Å². The highest BCUT2D eigenvalue weighted by Crippen LogP contribution is 2.37. The molecule has 0 bridgehead atoms. The molecule has 0 saturated heterocycles. The summed E-state index contributed by atoms with van der Waals surface area (Å²) in [4.78, 5) is 0.